The maximum Gasteiger partial charge on any atom is 0.238 e. The fraction of sp³-hybridized carbons (Fsp3) is 0.421. The number of Topliss-reactive ketones (excluding diaryl/α,β-unsaturated/α-hetero) is 1. The van der Waals surface area contributed by atoms with Gasteiger partial charge in [-0.3, -0.25) is 9.59 Å². The number of thioether (sulfide) groups is 1. The minimum Gasteiger partial charge on any atom is -0.318 e. The highest BCUT2D eigenvalue weighted by molar-refractivity contribution is 8.04. The quantitative estimate of drug-likeness (QED) is 0.661. The first-order chi connectivity index (χ1) is 12.1. The van der Waals surface area contributed by atoms with Crippen LogP contribution in [-0.2, 0) is 16.0 Å². The van der Waals surface area contributed by atoms with Crippen molar-refractivity contribution in [3.05, 3.63) is 46.2 Å². The first kappa shape index (κ1) is 17.7. The van der Waals surface area contributed by atoms with Crippen LogP contribution < -0.4 is 5.32 Å². The Balaban J connectivity index is 1.74. The van der Waals surface area contributed by atoms with Gasteiger partial charge in [-0.05, 0) is 37.0 Å². The third kappa shape index (κ3) is 4.10. The lowest BCUT2D eigenvalue weighted by atomic mass is 9.84. The van der Waals surface area contributed by atoms with Crippen LogP contribution in [0.2, 0.25) is 0 Å². The molecule has 25 heavy (non-hydrogen) atoms. The molecule has 4 nitrogen and oxygen atoms in total. The van der Waals surface area contributed by atoms with Gasteiger partial charge in [0.15, 0.2) is 5.78 Å². The second-order valence-corrected chi connectivity index (χ2v) is 7.65. The number of amides is 1. The van der Waals surface area contributed by atoms with E-state index in [1.807, 2.05) is 6.07 Å². The molecule has 0 spiro atoms. The van der Waals surface area contributed by atoms with Crippen LogP contribution in [0, 0.1) is 23.1 Å². The average molecular weight is 358 g/mol. The molecular weight excluding hydrogens is 339 g/mol. The van der Waals surface area contributed by atoms with Crippen LogP contribution in [0.25, 0.3) is 0 Å². The molecule has 0 aromatic heterocycles. The molecule has 130 valence electrons. The third-order valence-electron chi connectivity index (χ3n) is 4.68. The van der Waals surface area contributed by atoms with Gasteiger partial charge in [0, 0.05) is 5.92 Å². The molecule has 2 aliphatic rings. The number of rotatable bonds is 4. The predicted octanol–water partition coefficient (Wildman–Crippen LogP) is 3.48. The van der Waals surface area contributed by atoms with Crippen molar-refractivity contribution in [2.75, 3.05) is 0 Å². The first-order valence-corrected chi connectivity index (χ1v) is 9.37. The van der Waals surface area contributed by atoms with E-state index in [4.69, 9.17) is 0 Å². The Morgan fingerprint density at radius 2 is 1.92 bits per heavy atom. The van der Waals surface area contributed by atoms with Crippen molar-refractivity contribution in [3.63, 3.8) is 0 Å². The number of benzene rings is 1. The van der Waals surface area contributed by atoms with Crippen molar-refractivity contribution in [2.24, 2.45) is 5.92 Å². The molecule has 0 bridgehead atoms. The summed E-state index contributed by atoms with van der Waals surface area (Å²) in [6.07, 6.45) is 5.21. The Kier molecular flexibility index (Phi) is 5.54. The average Bonchev–Trinajstić information content (AvgIpc) is 2.98. The number of ketones is 1. The largest absolute Gasteiger partial charge is 0.318 e. The van der Waals surface area contributed by atoms with E-state index in [2.05, 4.69) is 5.32 Å². The van der Waals surface area contributed by atoms with Gasteiger partial charge in [-0.25, -0.2) is 4.39 Å². The summed E-state index contributed by atoms with van der Waals surface area (Å²) in [5.41, 5.74) is 0.916. The molecule has 3 rings (SSSR count). The smallest absolute Gasteiger partial charge is 0.238 e. The van der Waals surface area contributed by atoms with E-state index in [1.54, 1.807) is 12.1 Å². The van der Waals surface area contributed by atoms with E-state index in [0.717, 1.165) is 37.7 Å². The normalized spacial score (nSPS) is 23.0. The summed E-state index contributed by atoms with van der Waals surface area (Å²) in [5, 5.41) is 12.1. The van der Waals surface area contributed by atoms with E-state index in [1.165, 1.54) is 23.9 Å². The molecule has 6 heteroatoms. The van der Waals surface area contributed by atoms with E-state index in [9.17, 15) is 19.2 Å². The zero-order valence-corrected chi connectivity index (χ0v) is 14.6. The molecule has 0 radical (unpaired) electrons. The number of nitriles is 1. The molecule has 1 aliphatic carbocycles. The van der Waals surface area contributed by atoms with Crippen LogP contribution in [0.4, 0.5) is 4.39 Å². The van der Waals surface area contributed by atoms with Gasteiger partial charge in [0.1, 0.15) is 17.5 Å². The van der Waals surface area contributed by atoms with Crippen molar-refractivity contribution in [1.29, 1.82) is 5.26 Å². The van der Waals surface area contributed by atoms with Crippen LogP contribution in [0.3, 0.4) is 0 Å². The van der Waals surface area contributed by atoms with Gasteiger partial charge in [-0.15, -0.1) is 0 Å². The summed E-state index contributed by atoms with van der Waals surface area (Å²) >= 11 is 1.22. The van der Waals surface area contributed by atoms with E-state index in [0.29, 0.717) is 11.4 Å². The van der Waals surface area contributed by atoms with Crippen molar-refractivity contribution in [2.45, 2.75) is 43.8 Å². The standard InChI is InChI=1S/C19H19FN2O2S/c20-14-8-6-12(7-9-14)10-16-18(24)22-19(25-16)15(11-21)17(23)13-4-2-1-3-5-13/h6-9,13,16H,1-5,10H2,(H,22,24)/b19-15-/t16-/m1/s1. The second-order valence-electron chi connectivity index (χ2n) is 6.44. The topological polar surface area (TPSA) is 70.0 Å². The maximum atomic E-state index is 13.0. The van der Waals surface area contributed by atoms with Gasteiger partial charge in [0.25, 0.3) is 0 Å². The van der Waals surface area contributed by atoms with Gasteiger partial charge in [-0.2, -0.15) is 5.26 Å². The van der Waals surface area contributed by atoms with Crippen LogP contribution in [0.15, 0.2) is 34.9 Å². The molecule has 1 atom stereocenters. The molecule has 1 heterocycles. The number of carbonyl (C=O) groups excluding carboxylic acids is 2. The minimum absolute atomic E-state index is 0.0758. The lowest BCUT2D eigenvalue weighted by Crippen LogP contribution is -2.25. The minimum atomic E-state index is -0.414. The molecule has 1 amide bonds. The Morgan fingerprint density at radius 1 is 1.24 bits per heavy atom. The summed E-state index contributed by atoms with van der Waals surface area (Å²) in [6, 6.07) is 8.00. The molecule has 1 saturated carbocycles. The Labute approximate surface area is 150 Å². The maximum absolute atomic E-state index is 13.0. The van der Waals surface area contributed by atoms with Crippen LogP contribution >= 0.6 is 11.8 Å². The third-order valence-corrected chi connectivity index (χ3v) is 5.89. The van der Waals surface area contributed by atoms with Gasteiger partial charge >= 0.3 is 0 Å². The Bertz CT molecular complexity index is 746. The molecule has 1 aromatic rings. The van der Waals surface area contributed by atoms with Gasteiger partial charge < -0.3 is 5.32 Å². The number of allylic oxidation sites excluding steroid dienone is 1. The predicted molar refractivity (Wildman–Crippen MR) is 93.8 cm³/mol. The van der Waals surface area contributed by atoms with E-state index < -0.39 is 5.25 Å². The summed E-state index contributed by atoms with van der Waals surface area (Å²) in [6.45, 7) is 0. The first-order valence-electron chi connectivity index (χ1n) is 8.49. The molecule has 1 aliphatic heterocycles. The SMILES string of the molecule is N#C/C(C(=O)C1CCCCC1)=C1\NC(=O)[C@@H](Cc2ccc(F)cc2)S1. The zero-order valence-electron chi connectivity index (χ0n) is 13.8. The van der Waals surface area contributed by atoms with Crippen LogP contribution in [0.5, 0.6) is 0 Å². The molecule has 2 fully saturated rings. The molecule has 1 N–H and O–H groups in total. The number of halogens is 1. The number of carbonyl (C=O) groups is 2. The van der Waals surface area contributed by atoms with Gasteiger partial charge in [0.2, 0.25) is 5.91 Å². The molecule has 1 saturated heterocycles. The number of nitrogens with zero attached hydrogens (tertiary/aromatic N) is 1. The Hall–Kier alpha value is -2.13. The molecule has 0 unspecified atom stereocenters. The number of nitrogens with one attached hydrogen (secondary N) is 1. The van der Waals surface area contributed by atoms with Crippen LogP contribution in [0.1, 0.15) is 37.7 Å². The Morgan fingerprint density at radius 3 is 2.56 bits per heavy atom. The van der Waals surface area contributed by atoms with Crippen molar-refractivity contribution < 1.29 is 14.0 Å². The summed E-state index contributed by atoms with van der Waals surface area (Å²) in [7, 11) is 0. The zero-order chi connectivity index (χ0) is 17.8. The summed E-state index contributed by atoms with van der Waals surface area (Å²) in [5.74, 6) is -0.789. The molecule has 1 aromatic carbocycles. The second kappa shape index (κ2) is 7.83. The summed E-state index contributed by atoms with van der Waals surface area (Å²) in [4.78, 5) is 24.9. The highest BCUT2D eigenvalue weighted by Crippen LogP contribution is 2.34. The van der Waals surface area contributed by atoms with Gasteiger partial charge in [-0.1, -0.05) is 43.2 Å². The lowest BCUT2D eigenvalue weighted by Gasteiger charge is -2.20. The molecular formula is C19H19FN2O2S. The number of hydrogen-bond donors (Lipinski definition) is 1. The fourth-order valence-corrected chi connectivity index (χ4v) is 4.44. The van der Waals surface area contributed by atoms with Crippen molar-refractivity contribution >= 4 is 23.5 Å². The van der Waals surface area contributed by atoms with Crippen molar-refractivity contribution in [1.82, 2.24) is 5.32 Å². The van der Waals surface area contributed by atoms with Gasteiger partial charge in [0.05, 0.1) is 10.3 Å². The highest BCUT2D eigenvalue weighted by Gasteiger charge is 2.34. The number of hydrogen-bond acceptors (Lipinski definition) is 4. The lowest BCUT2D eigenvalue weighted by molar-refractivity contribution is -0.119. The fourth-order valence-electron chi connectivity index (χ4n) is 3.29. The van der Waals surface area contributed by atoms with Crippen LogP contribution in [-0.4, -0.2) is 16.9 Å². The van der Waals surface area contributed by atoms with E-state index >= 15 is 0 Å². The monoisotopic (exact) mass is 358 g/mol. The summed E-state index contributed by atoms with van der Waals surface area (Å²) < 4.78 is 13.0. The van der Waals surface area contributed by atoms with E-state index in [-0.39, 0.29) is 29.0 Å². The highest BCUT2D eigenvalue weighted by atomic mass is 32.2. The van der Waals surface area contributed by atoms with Crippen molar-refractivity contribution in [3.8, 4) is 6.07 Å².